The lowest BCUT2D eigenvalue weighted by atomic mass is 9.73. The smallest absolute Gasteiger partial charge is 0.311 e. The van der Waals surface area contributed by atoms with E-state index in [4.69, 9.17) is 42.4 Å². The molecule has 0 aromatic heterocycles. The van der Waals surface area contributed by atoms with Crippen LogP contribution in [0, 0.1) is 23.7 Å². The molecule has 18 atom stereocenters. The highest BCUT2D eigenvalue weighted by Crippen LogP contribution is 2.41. The van der Waals surface area contributed by atoms with Crippen LogP contribution in [0.15, 0.2) is 5.16 Å². The van der Waals surface area contributed by atoms with Crippen molar-refractivity contribution in [2.24, 2.45) is 28.8 Å². The second-order valence-electron chi connectivity index (χ2n) is 20.5. The average molecular weight is 893 g/mol. The Morgan fingerprint density at radius 3 is 2.03 bits per heavy atom. The molecule has 0 aliphatic carbocycles. The van der Waals surface area contributed by atoms with Gasteiger partial charge in [0.25, 0.3) is 0 Å². The fourth-order valence-electron chi connectivity index (χ4n) is 9.31. The number of aliphatic hydroxyl groups is 4. The molecule has 3 rings (SSSR count). The monoisotopic (exact) mass is 893 g/mol. The van der Waals surface area contributed by atoms with Crippen LogP contribution in [0.5, 0.6) is 0 Å². The molecule has 0 radical (unpaired) electrons. The maximum Gasteiger partial charge on any atom is 0.311 e. The van der Waals surface area contributed by atoms with Gasteiger partial charge >= 0.3 is 5.97 Å². The lowest BCUT2D eigenvalue weighted by Gasteiger charge is -2.50. The van der Waals surface area contributed by atoms with Gasteiger partial charge < -0.3 is 67.7 Å². The average Bonchev–Trinajstić information content (AvgIpc) is 3.15. The Balaban J connectivity index is 2.34. The van der Waals surface area contributed by atoms with E-state index in [1.54, 1.807) is 55.4 Å². The Hall–Kier alpha value is -1.32. The topological polar surface area (TPSA) is 197 Å². The van der Waals surface area contributed by atoms with Gasteiger partial charge in [-0.3, -0.25) is 4.79 Å². The van der Waals surface area contributed by atoms with Crippen LogP contribution in [0.2, 0.25) is 19.6 Å². The molecule has 10 unspecified atom stereocenters. The number of carbonyl (C=O) groups excluding carboxylic acids is 1. The van der Waals surface area contributed by atoms with Crippen molar-refractivity contribution < 1.29 is 67.6 Å². The minimum Gasteiger partial charge on any atom is -0.459 e. The molecular formula is C44H84N2O14Si. The van der Waals surface area contributed by atoms with E-state index in [0.29, 0.717) is 12.1 Å². The molecule has 3 aliphatic heterocycles. The summed E-state index contributed by atoms with van der Waals surface area (Å²) in [4.78, 5) is 22.5. The number of rotatable bonds is 12. The summed E-state index contributed by atoms with van der Waals surface area (Å²) in [7, 11) is 4.78. The Kier molecular flexibility index (Phi) is 18.5. The molecular weight excluding hydrogens is 809 g/mol. The molecule has 0 aromatic rings. The van der Waals surface area contributed by atoms with Gasteiger partial charge in [0.2, 0.25) is 5.79 Å². The number of esters is 1. The first kappa shape index (κ1) is 54.0. The Morgan fingerprint density at radius 2 is 1.51 bits per heavy atom. The van der Waals surface area contributed by atoms with Crippen molar-refractivity contribution >= 4 is 20.0 Å². The Bertz CT molecular complexity index is 1440. The Morgan fingerprint density at radius 1 is 0.902 bits per heavy atom. The van der Waals surface area contributed by atoms with E-state index >= 15 is 0 Å². The molecule has 3 saturated heterocycles. The van der Waals surface area contributed by atoms with Gasteiger partial charge in [0.05, 0.1) is 53.4 Å². The van der Waals surface area contributed by atoms with E-state index in [9.17, 15) is 25.2 Å². The van der Waals surface area contributed by atoms with Gasteiger partial charge in [-0.15, -0.1) is 0 Å². The van der Waals surface area contributed by atoms with Crippen LogP contribution < -0.4 is 0 Å². The summed E-state index contributed by atoms with van der Waals surface area (Å²) in [5, 5.41) is 52.7. The fraction of sp³-hybridized carbons (Fsp3) is 0.955. The van der Waals surface area contributed by atoms with Crippen LogP contribution in [-0.4, -0.2) is 164 Å². The molecule has 3 fully saturated rings. The van der Waals surface area contributed by atoms with Crippen molar-refractivity contribution in [2.45, 2.75) is 218 Å². The summed E-state index contributed by atoms with van der Waals surface area (Å²) in [6.45, 7) is 27.1. The van der Waals surface area contributed by atoms with Gasteiger partial charge in [0.15, 0.2) is 20.9 Å². The number of cyclic esters (lactones) is 1. The highest BCUT2D eigenvalue weighted by atomic mass is 28.4. The van der Waals surface area contributed by atoms with E-state index in [1.807, 2.05) is 34.9 Å². The van der Waals surface area contributed by atoms with Gasteiger partial charge in [0, 0.05) is 58.3 Å². The summed E-state index contributed by atoms with van der Waals surface area (Å²) < 4.78 is 51.1. The zero-order valence-corrected chi connectivity index (χ0v) is 41.8. The van der Waals surface area contributed by atoms with Gasteiger partial charge in [-0.25, -0.2) is 0 Å². The third-order valence-electron chi connectivity index (χ3n) is 13.2. The summed E-state index contributed by atoms with van der Waals surface area (Å²) in [6.07, 6.45) is -8.16. The standard InChI is InChI=1S/C44H84N2O14Si/c1-20-31-44(12,51)36(47)26(4)33(45-60-41(8,9)52-15)24(2)22-42(10,50)38(58-40-35(59-61(17,18)19)30(46(13)14)21-25(3)54-40)27(5)34(28(6)39(49)56-31)57-32-23-43(11,53-16)37(48)29(7)55-32/h24-32,34-38,40,47-48,50-51H,20-23H2,1-19H3/t24-,25?,26+,27+,28-,29?,30?,31-,32?,34?,35?,36-,37?,38?,40?,42-,43?,44-/m1/s1. The summed E-state index contributed by atoms with van der Waals surface area (Å²) in [5.74, 6) is -5.13. The van der Waals surface area contributed by atoms with Gasteiger partial charge in [0.1, 0.15) is 23.9 Å². The van der Waals surface area contributed by atoms with Gasteiger partial charge in [-0.1, -0.05) is 32.9 Å². The van der Waals surface area contributed by atoms with Crippen LogP contribution >= 0.6 is 0 Å². The van der Waals surface area contributed by atoms with E-state index in [0.717, 1.165) is 0 Å². The fourth-order valence-corrected chi connectivity index (χ4v) is 10.4. The van der Waals surface area contributed by atoms with E-state index in [-0.39, 0.29) is 31.4 Å². The van der Waals surface area contributed by atoms with Crippen molar-refractivity contribution in [2.75, 3.05) is 28.3 Å². The zero-order chi connectivity index (χ0) is 46.8. The molecule has 0 aromatic carbocycles. The third-order valence-corrected chi connectivity index (χ3v) is 14.2. The molecule has 4 N–H and O–H groups in total. The second kappa shape index (κ2) is 20.9. The van der Waals surface area contributed by atoms with E-state index in [1.165, 1.54) is 21.1 Å². The minimum atomic E-state index is -2.21. The van der Waals surface area contributed by atoms with Gasteiger partial charge in [-0.2, -0.15) is 0 Å². The van der Waals surface area contributed by atoms with Crippen LogP contribution in [0.4, 0.5) is 0 Å². The largest absolute Gasteiger partial charge is 0.459 e. The van der Waals surface area contributed by atoms with Crippen molar-refractivity contribution in [1.29, 1.82) is 0 Å². The number of carbonyl (C=O) groups is 1. The lowest BCUT2D eigenvalue weighted by Crippen LogP contribution is -2.62. The molecule has 0 saturated carbocycles. The molecule has 3 heterocycles. The number of methoxy groups -OCH3 is 2. The number of oxime groups is 1. The van der Waals surface area contributed by atoms with Crippen LogP contribution in [0.1, 0.15) is 109 Å². The zero-order valence-electron chi connectivity index (χ0n) is 40.8. The molecule has 16 nitrogen and oxygen atoms in total. The second-order valence-corrected chi connectivity index (χ2v) is 24.9. The maximum absolute atomic E-state index is 14.5. The van der Waals surface area contributed by atoms with Crippen LogP contribution in [0.3, 0.4) is 0 Å². The molecule has 0 spiro atoms. The number of hydrogen-bond acceptors (Lipinski definition) is 16. The lowest BCUT2D eigenvalue weighted by molar-refractivity contribution is -0.316. The predicted molar refractivity (Wildman–Crippen MR) is 233 cm³/mol. The van der Waals surface area contributed by atoms with E-state index < -0.39 is 116 Å². The molecule has 17 heteroatoms. The molecule has 61 heavy (non-hydrogen) atoms. The molecule has 358 valence electrons. The number of likely N-dealkylation sites (N-methyl/N-ethyl adjacent to an activating group) is 1. The van der Waals surface area contributed by atoms with E-state index in [2.05, 4.69) is 29.7 Å². The first-order chi connectivity index (χ1) is 27.9. The highest BCUT2D eigenvalue weighted by Gasteiger charge is 2.54. The first-order valence-corrected chi connectivity index (χ1v) is 25.6. The number of aliphatic hydroxyl groups excluding tert-OH is 2. The molecule has 0 bridgehead atoms. The normalized spacial score (nSPS) is 44.8. The SMILES string of the molecule is CC[C@H]1OC(=O)[C@H](C)C(OC2CC(C)(OC)C(O)C(C)O2)[C@H](C)C(OC2OC(C)CC(N(C)C)C2O[Si](C)(C)C)[C@](C)(O)C[C@@H](C)C(=NOC(C)(C)OC)[C@H](C)[C@@H](O)[C@]1(C)O. The minimum absolute atomic E-state index is 0.0173. The van der Waals surface area contributed by atoms with Crippen molar-refractivity contribution in [1.82, 2.24) is 4.90 Å². The highest BCUT2D eigenvalue weighted by molar-refractivity contribution is 6.69. The van der Waals surface area contributed by atoms with Gasteiger partial charge in [-0.05, 0) is 94.5 Å². The molecule has 0 amide bonds. The summed E-state index contributed by atoms with van der Waals surface area (Å²) in [6, 6.07) is -0.0875. The number of nitrogens with zero attached hydrogens (tertiary/aromatic N) is 2. The maximum atomic E-state index is 14.5. The third kappa shape index (κ3) is 13.2. The first-order valence-electron chi connectivity index (χ1n) is 22.2. The quantitative estimate of drug-likeness (QED) is 0.0900. The Labute approximate surface area is 367 Å². The predicted octanol–water partition coefficient (Wildman–Crippen LogP) is 4.83. The van der Waals surface area contributed by atoms with Crippen molar-refractivity contribution in [3.63, 3.8) is 0 Å². The summed E-state index contributed by atoms with van der Waals surface area (Å²) >= 11 is 0. The molecule has 3 aliphatic rings. The summed E-state index contributed by atoms with van der Waals surface area (Å²) in [5.41, 5.74) is -4.38. The number of ether oxygens (including phenoxy) is 7. The number of hydrogen-bond donors (Lipinski definition) is 4. The van der Waals surface area contributed by atoms with Crippen LogP contribution in [0.25, 0.3) is 0 Å². The van der Waals surface area contributed by atoms with Crippen molar-refractivity contribution in [3.8, 4) is 0 Å². The van der Waals surface area contributed by atoms with Crippen molar-refractivity contribution in [3.05, 3.63) is 0 Å². The van der Waals surface area contributed by atoms with Crippen LogP contribution in [-0.2, 0) is 47.2 Å².